The first-order valence-electron chi connectivity index (χ1n) is 10.6. The van der Waals surface area contributed by atoms with E-state index in [0.29, 0.717) is 5.56 Å². The van der Waals surface area contributed by atoms with Crippen LogP contribution in [0.4, 0.5) is 11.5 Å². The number of aromatic amines is 1. The number of carbonyl (C=O) groups excluding carboxylic acids is 1. The van der Waals surface area contributed by atoms with Crippen molar-refractivity contribution in [2.45, 2.75) is 18.0 Å². The lowest BCUT2D eigenvalue weighted by Crippen LogP contribution is -2.41. The van der Waals surface area contributed by atoms with E-state index < -0.39 is 17.2 Å². The van der Waals surface area contributed by atoms with Crippen LogP contribution in [0.15, 0.2) is 99.4 Å². The molecule has 0 aliphatic rings. The van der Waals surface area contributed by atoms with Crippen molar-refractivity contribution in [2.75, 3.05) is 16.9 Å². The summed E-state index contributed by atoms with van der Waals surface area (Å²) in [5, 5.41) is 0. The fourth-order valence-electron chi connectivity index (χ4n) is 3.67. The Balaban J connectivity index is 1.83. The molecule has 0 fully saturated rings. The maximum Gasteiger partial charge on any atom is 0.330 e. The number of anilines is 2. The van der Waals surface area contributed by atoms with Crippen LogP contribution in [0.2, 0.25) is 0 Å². The second-order valence-corrected chi connectivity index (χ2v) is 8.55. The number of nitrogens with two attached hydrogens (primary N) is 1. The number of thioether (sulfide) groups is 1. The van der Waals surface area contributed by atoms with E-state index in [9.17, 15) is 14.4 Å². The summed E-state index contributed by atoms with van der Waals surface area (Å²) >= 11 is 1.57. The van der Waals surface area contributed by atoms with Gasteiger partial charge in [-0.1, -0.05) is 60.7 Å². The van der Waals surface area contributed by atoms with Gasteiger partial charge in [0.25, 0.3) is 11.5 Å². The van der Waals surface area contributed by atoms with Crippen molar-refractivity contribution in [2.24, 2.45) is 0 Å². The summed E-state index contributed by atoms with van der Waals surface area (Å²) < 4.78 is 1.27. The van der Waals surface area contributed by atoms with Crippen LogP contribution < -0.4 is 21.9 Å². The van der Waals surface area contributed by atoms with Crippen molar-refractivity contribution in [1.82, 2.24) is 9.55 Å². The van der Waals surface area contributed by atoms with Gasteiger partial charge in [0, 0.05) is 10.5 Å². The normalized spacial score (nSPS) is 10.7. The summed E-state index contributed by atoms with van der Waals surface area (Å²) in [5.41, 5.74) is 7.06. The molecule has 4 aromatic rings. The first-order chi connectivity index (χ1) is 16.5. The molecule has 0 unspecified atom stereocenters. The van der Waals surface area contributed by atoms with Gasteiger partial charge < -0.3 is 5.73 Å². The molecule has 0 aliphatic heterocycles. The molecule has 1 amide bonds. The highest BCUT2D eigenvalue weighted by molar-refractivity contribution is 7.98. The monoisotopic (exact) mass is 472 g/mol. The number of carbonyl (C=O) groups is 1. The van der Waals surface area contributed by atoms with E-state index in [-0.39, 0.29) is 24.6 Å². The zero-order chi connectivity index (χ0) is 24.1. The largest absolute Gasteiger partial charge is 0.383 e. The second kappa shape index (κ2) is 10.3. The Morgan fingerprint density at radius 3 is 2.09 bits per heavy atom. The topological polar surface area (TPSA) is 101 Å². The number of nitrogens with one attached hydrogen (secondary N) is 1. The number of amides is 1. The predicted molar refractivity (Wildman–Crippen MR) is 136 cm³/mol. The van der Waals surface area contributed by atoms with Crippen LogP contribution in [0, 0.1) is 0 Å². The maximum atomic E-state index is 13.6. The van der Waals surface area contributed by atoms with E-state index >= 15 is 0 Å². The first kappa shape index (κ1) is 23.1. The van der Waals surface area contributed by atoms with E-state index in [0.717, 1.165) is 16.0 Å². The molecule has 3 N–H and O–H groups in total. The van der Waals surface area contributed by atoms with Crippen LogP contribution in [0.1, 0.15) is 21.5 Å². The van der Waals surface area contributed by atoms with Crippen LogP contribution in [0.3, 0.4) is 0 Å². The highest BCUT2D eigenvalue weighted by Crippen LogP contribution is 2.24. The SMILES string of the molecule is CSc1ccc(C(=O)N(Cc2ccccc2)c2c(N)n(Cc3ccccc3)c(=O)[nH]c2=O)cc1. The van der Waals surface area contributed by atoms with Gasteiger partial charge in [-0.2, -0.15) is 0 Å². The molecule has 3 aromatic carbocycles. The molecule has 8 heteroatoms. The molecule has 172 valence electrons. The highest BCUT2D eigenvalue weighted by atomic mass is 32.2. The Morgan fingerprint density at radius 1 is 0.912 bits per heavy atom. The minimum absolute atomic E-state index is 0.0571. The van der Waals surface area contributed by atoms with Crippen LogP contribution in [-0.4, -0.2) is 21.7 Å². The minimum atomic E-state index is -0.711. The molecular weight excluding hydrogens is 448 g/mol. The lowest BCUT2D eigenvalue weighted by molar-refractivity contribution is 0.0984. The second-order valence-electron chi connectivity index (χ2n) is 7.67. The van der Waals surface area contributed by atoms with Gasteiger partial charge in [0.05, 0.1) is 13.1 Å². The number of aromatic nitrogens is 2. The molecule has 0 aliphatic carbocycles. The number of nitrogen functional groups attached to an aromatic ring is 1. The summed E-state index contributed by atoms with van der Waals surface area (Å²) in [4.78, 5) is 43.9. The summed E-state index contributed by atoms with van der Waals surface area (Å²) in [6.45, 7) is 0.270. The Morgan fingerprint density at radius 2 is 1.50 bits per heavy atom. The molecule has 0 spiro atoms. The third kappa shape index (κ3) is 4.97. The van der Waals surface area contributed by atoms with Crippen molar-refractivity contribution in [3.05, 3.63) is 122 Å². The average molecular weight is 473 g/mol. The van der Waals surface area contributed by atoms with E-state index in [2.05, 4.69) is 4.98 Å². The Labute approximate surface area is 200 Å². The summed E-state index contributed by atoms with van der Waals surface area (Å²) in [6.07, 6.45) is 1.95. The smallest absolute Gasteiger partial charge is 0.330 e. The van der Waals surface area contributed by atoms with Crippen LogP contribution in [0.5, 0.6) is 0 Å². The molecule has 4 rings (SSSR count). The van der Waals surface area contributed by atoms with Gasteiger partial charge in [-0.25, -0.2) is 4.79 Å². The summed E-state index contributed by atoms with van der Waals surface area (Å²) in [6, 6.07) is 25.7. The van der Waals surface area contributed by atoms with Crippen molar-refractivity contribution in [3.8, 4) is 0 Å². The van der Waals surface area contributed by atoms with E-state index in [4.69, 9.17) is 5.73 Å². The molecule has 1 heterocycles. The Hall–Kier alpha value is -4.04. The molecule has 0 bridgehead atoms. The minimum Gasteiger partial charge on any atom is -0.383 e. The van der Waals surface area contributed by atoms with E-state index in [1.54, 1.807) is 23.9 Å². The van der Waals surface area contributed by atoms with Crippen LogP contribution in [-0.2, 0) is 13.1 Å². The van der Waals surface area contributed by atoms with Gasteiger partial charge in [-0.3, -0.25) is 24.0 Å². The lowest BCUT2D eigenvalue weighted by Gasteiger charge is -2.25. The number of rotatable bonds is 7. The quantitative estimate of drug-likeness (QED) is 0.399. The molecule has 1 aromatic heterocycles. The Bertz CT molecular complexity index is 1400. The van der Waals surface area contributed by atoms with Gasteiger partial charge in [0.2, 0.25) is 0 Å². The Kier molecular flexibility index (Phi) is 6.98. The van der Waals surface area contributed by atoms with Crippen molar-refractivity contribution >= 4 is 29.2 Å². The molecule has 0 saturated carbocycles. The van der Waals surface area contributed by atoms with Crippen molar-refractivity contribution in [1.29, 1.82) is 0 Å². The molecule has 0 saturated heterocycles. The predicted octanol–water partition coefficient (Wildman–Crippen LogP) is 3.74. The third-order valence-electron chi connectivity index (χ3n) is 5.43. The van der Waals surface area contributed by atoms with Crippen LogP contribution in [0.25, 0.3) is 0 Å². The van der Waals surface area contributed by atoms with Gasteiger partial charge >= 0.3 is 5.69 Å². The zero-order valence-corrected chi connectivity index (χ0v) is 19.4. The fourth-order valence-corrected chi connectivity index (χ4v) is 4.08. The number of nitrogens with zero attached hydrogens (tertiary/aromatic N) is 2. The number of H-pyrrole nitrogens is 1. The lowest BCUT2D eigenvalue weighted by atomic mass is 10.1. The van der Waals surface area contributed by atoms with E-state index in [1.165, 1.54) is 9.47 Å². The van der Waals surface area contributed by atoms with Gasteiger partial charge in [-0.15, -0.1) is 11.8 Å². The molecule has 7 nitrogen and oxygen atoms in total. The van der Waals surface area contributed by atoms with Crippen molar-refractivity contribution in [3.63, 3.8) is 0 Å². The van der Waals surface area contributed by atoms with Crippen LogP contribution >= 0.6 is 11.8 Å². The zero-order valence-electron chi connectivity index (χ0n) is 18.6. The van der Waals surface area contributed by atoms with Gasteiger partial charge in [-0.05, 0) is 41.6 Å². The number of hydrogen-bond acceptors (Lipinski definition) is 5. The number of benzene rings is 3. The fraction of sp³-hybridized carbons (Fsp3) is 0.115. The van der Waals surface area contributed by atoms with Gasteiger partial charge in [0.15, 0.2) is 5.69 Å². The highest BCUT2D eigenvalue weighted by Gasteiger charge is 2.25. The third-order valence-corrected chi connectivity index (χ3v) is 6.18. The molecule has 0 radical (unpaired) electrons. The summed E-state index contributed by atoms with van der Waals surface area (Å²) in [5.74, 6) is -0.457. The number of hydrogen-bond donors (Lipinski definition) is 2. The first-order valence-corrected chi connectivity index (χ1v) is 11.9. The standard InChI is InChI=1S/C26H24N4O3S/c1-34-21-14-12-20(13-15-21)25(32)29(16-18-8-4-2-5-9-18)22-23(27)30(26(33)28-24(22)31)17-19-10-6-3-7-11-19/h2-15H,16-17,27H2,1H3,(H,28,31,33). The maximum absolute atomic E-state index is 13.6. The van der Waals surface area contributed by atoms with E-state index in [1.807, 2.05) is 79.1 Å². The average Bonchev–Trinajstić information content (AvgIpc) is 2.87. The molecular formula is C26H24N4O3S. The summed E-state index contributed by atoms with van der Waals surface area (Å²) in [7, 11) is 0. The van der Waals surface area contributed by atoms with Crippen molar-refractivity contribution < 1.29 is 4.79 Å². The molecule has 0 atom stereocenters. The van der Waals surface area contributed by atoms with Gasteiger partial charge in [0.1, 0.15) is 5.82 Å². The molecule has 34 heavy (non-hydrogen) atoms.